The zero-order valence-electron chi connectivity index (χ0n) is 11.0. The van der Waals surface area contributed by atoms with E-state index in [4.69, 9.17) is 0 Å². The van der Waals surface area contributed by atoms with Crippen molar-refractivity contribution in [2.75, 3.05) is 11.5 Å². The van der Waals surface area contributed by atoms with E-state index in [9.17, 15) is 8.42 Å². The molecule has 0 amide bonds. The second kappa shape index (κ2) is 4.66. The lowest BCUT2D eigenvalue weighted by Crippen LogP contribution is -2.54. The summed E-state index contributed by atoms with van der Waals surface area (Å²) in [6.45, 7) is 0. The SMILES string of the molecule is Cn1cnnc1CC1(c2cccc(Br)c2)CS(=O)(=O)C1. The van der Waals surface area contributed by atoms with E-state index in [1.807, 2.05) is 35.9 Å². The molecule has 1 aromatic carbocycles. The number of rotatable bonds is 3. The van der Waals surface area contributed by atoms with Gasteiger partial charge in [0.05, 0.1) is 11.5 Å². The van der Waals surface area contributed by atoms with E-state index in [1.54, 1.807) is 6.33 Å². The molecule has 0 atom stereocenters. The Kier molecular flexibility index (Phi) is 3.21. The summed E-state index contributed by atoms with van der Waals surface area (Å²) in [6, 6.07) is 7.84. The quantitative estimate of drug-likeness (QED) is 0.836. The molecule has 20 heavy (non-hydrogen) atoms. The highest BCUT2D eigenvalue weighted by Gasteiger charge is 2.50. The molecule has 1 aromatic heterocycles. The van der Waals surface area contributed by atoms with Gasteiger partial charge in [-0.15, -0.1) is 10.2 Å². The lowest BCUT2D eigenvalue weighted by molar-refractivity contribution is 0.440. The van der Waals surface area contributed by atoms with Crippen molar-refractivity contribution in [2.24, 2.45) is 7.05 Å². The van der Waals surface area contributed by atoms with Crippen LogP contribution in [-0.2, 0) is 28.7 Å². The van der Waals surface area contributed by atoms with E-state index in [0.717, 1.165) is 15.9 Å². The molecule has 1 saturated heterocycles. The van der Waals surface area contributed by atoms with E-state index in [2.05, 4.69) is 26.1 Å². The van der Waals surface area contributed by atoms with Gasteiger partial charge in [0.1, 0.15) is 12.2 Å². The molecule has 0 saturated carbocycles. The van der Waals surface area contributed by atoms with Gasteiger partial charge in [-0.2, -0.15) is 0 Å². The molecular weight excluding hydrogens is 342 g/mol. The number of halogens is 1. The summed E-state index contributed by atoms with van der Waals surface area (Å²) in [4.78, 5) is 0. The first-order valence-corrected chi connectivity index (χ1v) is 8.81. The molecule has 5 nitrogen and oxygen atoms in total. The first kappa shape index (κ1) is 13.8. The number of aromatic nitrogens is 3. The van der Waals surface area contributed by atoms with Crippen LogP contribution in [0.1, 0.15) is 11.4 Å². The van der Waals surface area contributed by atoms with Crippen LogP contribution in [0.15, 0.2) is 35.1 Å². The number of hydrogen-bond donors (Lipinski definition) is 0. The Morgan fingerprint density at radius 3 is 2.70 bits per heavy atom. The smallest absolute Gasteiger partial charge is 0.152 e. The summed E-state index contributed by atoms with van der Waals surface area (Å²) in [6.07, 6.45) is 2.22. The third kappa shape index (κ3) is 2.40. The summed E-state index contributed by atoms with van der Waals surface area (Å²) in [5, 5.41) is 7.95. The molecule has 0 radical (unpaired) electrons. The summed E-state index contributed by atoms with van der Waals surface area (Å²) in [5.41, 5.74) is 0.647. The summed E-state index contributed by atoms with van der Waals surface area (Å²) in [5.74, 6) is 1.15. The maximum absolute atomic E-state index is 11.7. The molecule has 0 aliphatic carbocycles. The topological polar surface area (TPSA) is 64.8 Å². The fourth-order valence-electron chi connectivity index (χ4n) is 2.76. The Labute approximate surface area is 126 Å². The third-order valence-corrected chi connectivity index (χ3v) is 6.21. The van der Waals surface area contributed by atoms with Gasteiger partial charge < -0.3 is 4.57 Å². The Balaban J connectivity index is 2.00. The molecule has 2 aromatic rings. The van der Waals surface area contributed by atoms with Crippen molar-refractivity contribution in [2.45, 2.75) is 11.8 Å². The van der Waals surface area contributed by atoms with Gasteiger partial charge in [0.2, 0.25) is 0 Å². The Morgan fingerprint density at radius 2 is 2.15 bits per heavy atom. The minimum absolute atomic E-state index is 0.170. The van der Waals surface area contributed by atoms with Crippen LogP contribution in [0.3, 0.4) is 0 Å². The van der Waals surface area contributed by atoms with Gasteiger partial charge in [-0.25, -0.2) is 8.42 Å². The minimum atomic E-state index is -2.94. The highest BCUT2D eigenvalue weighted by Crippen LogP contribution is 2.40. The summed E-state index contributed by atoms with van der Waals surface area (Å²) >= 11 is 3.45. The van der Waals surface area contributed by atoms with Crippen molar-refractivity contribution < 1.29 is 8.42 Å². The summed E-state index contributed by atoms with van der Waals surface area (Å²) < 4.78 is 26.2. The lowest BCUT2D eigenvalue weighted by Gasteiger charge is -2.41. The Morgan fingerprint density at radius 1 is 1.40 bits per heavy atom. The van der Waals surface area contributed by atoms with Crippen LogP contribution in [0.5, 0.6) is 0 Å². The normalized spacial score (nSPS) is 19.5. The van der Waals surface area contributed by atoms with E-state index in [1.165, 1.54) is 0 Å². The second-order valence-electron chi connectivity index (χ2n) is 5.36. The molecular formula is C13H14BrN3O2S. The number of hydrogen-bond acceptors (Lipinski definition) is 4. The minimum Gasteiger partial charge on any atom is -0.321 e. The second-order valence-corrected chi connectivity index (χ2v) is 8.34. The monoisotopic (exact) mass is 355 g/mol. The largest absolute Gasteiger partial charge is 0.321 e. The molecule has 106 valence electrons. The molecule has 3 rings (SSSR count). The van der Waals surface area contributed by atoms with Crippen LogP contribution in [-0.4, -0.2) is 34.7 Å². The van der Waals surface area contributed by atoms with Crippen molar-refractivity contribution in [1.82, 2.24) is 14.8 Å². The number of aryl methyl sites for hydroxylation is 1. The fraction of sp³-hybridized carbons (Fsp3) is 0.385. The molecule has 1 fully saturated rings. The van der Waals surface area contributed by atoms with E-state index < -0.39 is 9.84 Å². The Bertz CT molecular complexity index is 742. The predicted molar refractivity (Wildman–Crippen MR) is 79.2 cm³/mol. The molecule has 0 bridgehead atoms. The average Bonchev–Trinajstić information content (AvgIpc) is 2.72. The average molecular weight is 356 g/mol. The fourth-order valence-corrected chi connectivity index (χ4v) is 5.29. The van der Waals surface area contributed by atoms with Crippen LogP contribution < -0.4 is 0 Å². The Hall–Kier alpha value is -1.21. The van der Waals surface area contributed by atoms with Gasteiger partial charge >= 0.3 is 0 Å². The van der Waals surface area contributed by atoms with Crippen molar-refractivity contribution in [3.05, 3.63) is 46.5 Å². The number of nitrogens with zero attached hydrogens (tertiary/aromatic N) is 3. The van der Waals surface area contributed by atoms with Crippen LogP contribution in [0, 0.1) is 0 Å². The van der Waals surface area contributed by atoms with Crippen LogP contribution in [0.4, 0.5) is 0 Å². The van der Waals surface area contributed by atoms with Crippen molar-refractivity contribution in [1.29, 1.82) is 0 Å². The van der Waals surface area contributed by atoms with E-state index >= 15 is 0 Å². The highest BCUT2D eigenvalue weighted by molar-refractivity contribution is 9.10. The van der Waals surface area contributed by atoms with Gasteiger partial charge in [0.15, 0.2) is 9.84 Å². The van der Waals surface area contributed by atoms with Gasteiger partial charge in [-0.3, -0.25) is 0 Å². The zero-order chi connectivity index (χ0) is 14.4. The summed E-state index contributed by atoms with van der Waals surface area (Å²) in [7, 11) is -1.07. The van der Waals surface area contributed by atoms with Gasteiger partial charge in [0.25, 0.3) is 0 Å². The van der Waals surface area contributed by atoms with Gasteiger partial charge in [0, 0.05) is 23.4 Å². The molecule has 0 spiro atoms. The zero-order valence-corrected chi connectivity index (χ0v) is 13.4. The third-order valence-electron chi connectivity index (χ3n) is 3.73. The van der Waals surface area contributed by atoms with Crippen LogP contribution in [0.25, 0.3) is 0 Å². The maximum Gasteiger partial charge on any atom is 0.152 e. The highest BCUT2D eigenvalue weighted by atomic mass is 79.9. The van der Waals surface area contributed by atoms with Crippen molar-refractivity contribution >= 4 is 25.8 Å². The molecule has 2 heterocycles. The predicted octanol–water partition coefficient (Wildman–Crippen LogP) is 1.49. The van der Waals surface area contributed by atoms with Gasteiger partial charge in [-0.05, 0) is 17.7 Å². The van der Waals surface area contributed by atoms with E-state index in [0.29, 0.717) is 6.42 Å². The van der Waals surface area contributed by atoms with Crippen LogP contribution >= 0.6 is 15.9 Å². The maximum atomic E-state index is 11.7. The van der Waals surface area contributed by atoms with Crippen molar-refractivity contribution in [3.8, 4) is 0 Å². The first-order valence-electron chi connectivity index (χ1n) is 6.20. The number of sulfone groups is 1. The molecule has 0 N–H and O–H groups in total. The standard InChI is InChI=1S/C13H14BrN3O2S/c1-17-9-15-16-12(17)6-13(7-20(18,19)8-13)10-3-2-4-11(14)5-10/h2-5,9H,6-8H2,1H3. The molecule has 0 unspecified atom stereocenters. The number of benzene rings is 1. The molecule has 7 heteroatoms. The van der Waals surface area contributed by atoms with Gasteiger partial charge in [-0.1, -0.05) is 28.1 Å². The molecule has 1 aliphatic rings. The van der Waals surface area contributed by atoms with E-state index in [-0.39, 0.29) is 16.9 Å². The van der Waals surface area contributed by atoms with Crippen molar-refractivity contribution in [3.63, 3.8) is 0 Å². The molecule has 1 aliphatic heterocycles. The lowest BCUT2D eigenvalue weighted by atomic mass is 9.80. The first-order chi connectivity index (χ1) is 9.40. The van der Waals surface area contributed by atoms with Crippen LogP contribution in [0.2, 0.25) is 0 Å².